The Hall–Kier alpha value is -3.91. The summed E-state index contributed by atoms with van der Waals surface area (Å²) in [5, 5.41) is 0. The van der Waals surface area contributed by atoms with Gasteiger partial charge < -0.3 is 9.80 Å². The molecule has 0 saturated carbocycles. The van der Waals surface area contributed by atoms with Crippen LogP contribution in [0.15, 0.2) is 127 Å². The van der Waals surface area contributed by atoms with Crippen LogP contribution in [-0.4, -0.2) is 28.2 Å². The van der Waals surface area contributed by atoms with E-state index in [1.807, 2.05) is 117 Å². The number of benzene rings is 4. The summed E-state index contributed by atoms with van der Waals surface area (Å²) in [4.78, 5) is 3.97. The molecule has 0 radical (unpaired) electrons. The normalized spacial score (nSPS) is 13.7. The molecule has 0 saturated heterocycles. The molecule has 4 rings (SSSR count). The van der Waals surface area contributed by atoms with Crippen LogP contribution in [0.25, 0.3) is 5.57 Å². The van der Waals surface area contributed by atoms with Gasteiger partial charge in [0.1, 0.15) is 0 Å². The Bertz CT molecular complexity index is 1430. The molecule has 0 amide bonds. The van der Waals surface area contributed by atoms with Crippen molar-refractivity contribution in [2.45, 2.75) is 5.60 Å². The van der Waals surface area contributed by atoms with E-state index in [2.05, 4.69) is 0 Å². The Morgan fingerprint density at radius 1 is 0.625 bits per heavy atom. The first kappa shape index (κ1) is 29.1. The average Bonchev–Trinajstić information content (AvgIpc) is 2.95. The Kier molecular flexibility index (Phi) is 9.10. The van der Waals surface area contributed by atoms with Gasteiger partial charge in [0, 0.05) is 50.7 Å². The van der Waals surface area contributed by atoms with Gasteiger partial charge in [0.15, 0.2) is 0 Å². The molecule has 40 heavy (non-hydrogen) atoms. The van der Waals surface area contributed by atoms with Crippen molar-refractivity contribution in [3.63, 3.8) is 0 Å². The minimum Gasteiger partial charge on any atom is -0.378 e. The number of hydrogen-bond donors (Lipinski definition) is 0. The zero-order valence-electron chi connectivity index (χ0n) is 23.0. The molecule has 206 valence electrons. The van der Waals surface area contributed by atoms with Crippen LogP contribution < -0.4 is 23.8 Å². The van der Waals surface area contributed by atoms with Gasteiger partial charge in [-0.15, -0.1) is 0 Å². The molecule has 1 atom stereocenters. The molecule has 6 nitrogen and oxygen atoms in total. The highest BCUT2D eigenvalue weighted by Gasteiger charge is 2.47. The van der Waals surface area contributed by atoms with Crippen molar-refractivity contribution in [1.29, 1.82) is 0 Å². The van der Waals surface area contributed by atoms with Gasteiger partial charge in [-0.3, -0.25) is 0 Å². The molecule has 0 bridgehead atoms. The van der Waals surface area contributed by atoms with Crippen molar-refractivity contribution < 1.29 is 28.5 Å². The molecule has 1 unspecified atom stereocenters. The van der Waals surface area contributed by atoms with Crippen molar-refractivity contribution in [2.75, 3.05) is 38.0 Å². The second-order valence-corrected chi connectivity index (χ2v) is 10.7. The maximum atomic E-state index is 12.1. The minimum absolute atomic E-state index is 0.498. The highest BCUT2D eigenvalue weighted by Crippen LogP contribution is 2.38. The van der Waals surface area contributed by atoms with E-state index < -0.39 is 15.8 Å². The molecule has 0 aliphatic heterocycles. The maximum absolute atomic E-state index is 12.1. The lowest BCUT2D eigenvalue weighted by Gasteiger charge is -2.28. The van der Waals surface area contributed by atoms with E-state index in [1.54, 1.807) is 48.6 Å². The van der Waals surface area contributed by atoms with Gasteiger partial charge in [-0.1, -0.05) is 97.1 Å². The van der Waals surface area contributed by atoms with E-state index in [1.165, 1.54) is 0 Å². The first-order valence-electron chi connectivity index (χ1n) is 12.8. The molecule has 0 aliphatic rings. The Balaban J connectivity index is 1.89. The lowest BCUT2D eigenvalue weighted by atomic mass is 9.85. The fourth-order valence-corrected chi connectivity index (χ4v) is 5.04. The quantitative estimate of drug-likeness (QED) is 0.277. The summed E-state index contributed by atoms with van der Waals surface area (Å²) in [7, 11) is 3.02. The third-order valence-electron chi connectivity index (χ3n) is 6.60. The lowest BCUT2D eigenvalue weighted by Crippen LogP contribution is -2.63. The van der Waals surface area contributed by atoms with Gasteiger partial charge in [-0.05, 0) is 47.0 Å². The number of anilines is 2. The van der Waals surface area contributed by atoms with Crippen LogP contribution in [0.2, 0.25) is 0 Å². The summed E-state index contributed by atoms with van der Waals surface area (Å²) < 4.78 is 41.8. The molecular weight excluding hydrogens is 524 g/mol. The smallest absolute Gasteiger partial charge is 0.292 e. The van der Waals surface area contributed by atoms with Crippen molar-refractivity contribution in [3.05, 3.63) is 150 Å². The average molecular weight is 557 g/mol. The van der Waals surface area contributed by atoms with Crippen LogP contribution in [0.3, 0.4) is 0 Å². The summed E-state index contributed by atoms with van der Waals surface area (Å²) >= 11 is 0. The van der Waals surface area contributed by atoms with E-state index >= 15 is 0 Å². The van der Waals surface area contributed by atoms with Crippen LogP contribution in [0.5, 0.6) is 0 Å². The van der Waals surface area contributed by atoms with Crippen LogP contribution in [0.4, 0.5) is 11.4 Å². The topological polar surface area (TPSA) is 84.9 Å². The highest BCUT2D eigenvalue weighted by atomic mass is 35.7. The molecule has 0 fully saturated rings. The van der Waals surface area contributed by atoms with Gasteiger partial charge in [-0.25, -0.2) is 0 Å². The standard InChI is InChI=1S/C33H33ClN2O4/c1-35(2)30-21-17-27(18-22-30)32(26-12-7-5-8-13-26)16-11-25-33(40-34(37,38)39,28-14-9-6-10-15-28)29-19-23-31(24-20-29)36(3)4/h5-25H,1-4H3. The van der Waals surface area contributed by atoms with Crippen LogP contribution >= 0.6 is 0 Å². The number of hydrogen-bond acceptors (Lipinski definition) is 6. The van der Waals surface area contributed by atoms with Gasteiger partial charge >= 0.3 is 0 Å². The Labute approximate surface area is 238 Å². The predicted molar refractivity (Wildman–Crippen MR) is 153 cm³/mol. The molecule has 4 aromatic rings. The van der Waals surface area contributed by atoms with E-state index in [9.17, 15) is 14.0 Å². The Morgan fingerprint density at radius 3 is 1.57 bits per heavy atom. The molecule has 4 aromatic carbocycles. The van der Waals surface area contributed by atoms with Crippen LogP contribution in [-0.2, 0) is 9.89 Å². The molecule has 0 aliphatic carbocycles. The zero-order chi connectivity index (χ0) is 28.8. The van der Waals surface area contributed by atoms with Crippen molar-refractivity contribution in [3.8, 4) is 0 Å². The van der Waals surface area contributed by atoms with Gasteiger partial charge in [0.05, 0.1) is 14.5 Å². The van der Waals surface area contributed by atoms with E-state index in [0.717, 1.165) is 28.1 Å². The highest BCUT2D eigenvalue weighted by molar-refractivity contribution is 5.81. The van der Waals surface area contributed by atoms with Gasteiger partial charge in [0.25, 0.3) is 5.60 Å². The fraction of sp³-hybridized carbons (Fsp3) is 0.152. The minimum atomic E-state index is -4.79. The summed E-state index contributed by atoms with van der Waals surface area (Å²) in [6.45, 7) is 0. The van der Waals surface area contributed by atoms with E-state index in [0.29, 0.717) is 11.1 Å². The van der Waals surface area contributed by atoms with Crippen molar-refractivity contribution in [1.82, 2.24) is 0 Å². The lowest BCUT2D eigenvalue weighted by molar-refractivity contribution is -1.92. The molecule has 0 N–H and O–H groups in total. The second-order valence-electron chi connectivity index (χ2n) is 9.74. The molecule has 7 heteroatoms. The molecule has 0 aromatic heterocycles. The number of rotatable bonds is 10. The predicted octanol–water partition coefficient (Wildman–Crippen LogP) is 3.66. The maximum Gasteiger partial charge on any atom is 0.292 e. The largest absolute Gasteiger partial charge is 0.378 e. The van der Waals surface area contributed by atoms with Crippen molar-refractivity contribution >= 4 is 16.9 Å². The summed E-state index contributed by atoms with van der Waals surface area (Å²) in [6.07, 6.45) is 5.27. The summed E-state index contributed by atoms with van der Waals surface area (Å²) in [5.41, 5.74) is 4.20. The van der Waals surface area contributed by atoms with Gasteiger partial charge in [-0.2, -0.15) is 14.0 Å². The number of nitrogens with zero attached hydrogens (tertiary/aromatic N) is 2. The second kappa shape index (κ2) is 12.5. The monoisotopic (exact) mass is 556 g/mol. The third-order valence-corrected chi connectivity index (χ3v) is 7.04. The molecular formula is C33H33ClN2O4. The number of allylic oxidation sites excluding steroid dienone is 2. The molecule has 0 heterocycles. The fourth-order valence-electron chi connectivity index (χ4n) is 4.51. The van der Waals surface area contributed by atoms with Crippen LogP contribution in [0, 0.1) is 10.2 Å². The third kappa shape index (κ3) is 6.99. The Morgan fingerprint density at radius 2 is 1.07 bits per heavy atom. The van der Waals surface area contributed by atoms with E-state index in [4.69, 9.17) is 4.29 Å². The van der Waals surface area contributed by atoms with Gasteiger partial charge in [0.2, 0.25) is 0 Å². The summed E-state index contributed by atoms with van der Waals surface area (Å²) in [6, 6.07) is 34.2. The molecule has 0 spiro atoms. The summed E-state index contributed by atoms with van der Waals surface area (Å²) in [5.74, 6) is 0. The first-order chi connectivity index (χ1) is 19.1. The first-order valence-corrected chi connectivity index (χ1v) is 14.0. The zero-order valence-corrected chi connectivity index (χ0v) is 23.8. The van der Waals surface area contributed by atoms with Crippen LogP contribution in [0.1, 0.15) is 22.3 Å². The number of halogens is 1. The van der Waals surface area contributed by atoms with E-state index in [-0.39, 0.29) is 0 Å². The SMILES string of the molecule is CN(C)c1ccc(C(=CC=CC(O[Cl+3]([O-])([O-])[O-])(c2ccccc2)c2ccc(N(C)C)cc2)c2ccccc2)cc1. The van der Waals surface area contributed by atoms with Crippen molar-refractivity contribution in [2.24, 2.45) is 0 Å².